The van der Waals surface area contributed by atoms with Crippen LogP contribution < -0.4 is 10.5 Å². The van der Waals surface area contributed by atoms with Crippen molar-refractivity contribution in [1.29, 1.82) is 0 Å². The van der Waals surface area contributed by atoms with Gasteiger partial charge in [-0.1, -0.05) is 28.4 Å². The molecule has 0 radical (unpaired) electrons. The average Bonchev–Trinajstić information content (AvgIpc) is 2.42. The second kappa shape index (κ2) is 5.77. The Morgan fingerprint density at radius 3 is 2.79 bits per heavy atom. The van der Waals surface area contributed by atoms with Crippen LogP contribution in [0.2, 0.25) is 10.0 Å². The van der Waals surface area contributed by atoms with Gasteiger partial charge in [-0.2, -0.15) is 0 Å². The van der Waals surface area contributed by atoms with Crippen molar-refractivity contribution in [3.8, 4) is 11.5 Å². The molecule has 7 heteroatoms. The van der Waals surface area contributed by atoms with Crippen LogP contribution in [0.5, 0.6) is 11.5 Å². The molecule has 1 aromatic carbocycles. The highest BCUT2D eigenvalue weighted by atomic mass is 35.5. The van der Waals surface area contributed by atoms with E-state index < -0.39 is 0 Å². The van der Waals surface area contributed by atoms with Crippen molar-refractivity contribution in [3.63, 3.8) is 0 Å². The summed E-state index contributed by atoms with van der Waals surface area (Å²) in [6.45, 7) is 0. The number of aromatic nitrogens is 1. The zero-order valence-corrected chi connectivity index (χ0v) is 11.1. The summed E-state index contributed by atoms with van der Waals surface area (Å²) in [5, 5.41) is 12.4. The molecule has 19 heavy (non-hydrogen) atoms. The van der Waals surface area contributed by atoms with Gasteiger partial charge in [0.1, 0.15) is 17.2 Å². The lowest BCUT2D eigenvalue weighted by Crippen LogP contribution is -2.14. The molecule has 2 rings (SSSR count). The molecule has 0 aliphatic carbocycles. The van der Waals surface area contributed by atoms with Gasteiger partial charge >= 0.3 is 0 Å². The molecule has 1 aromatic heterocycles. The summed E-state index contributed by atoms with van der Waals surface area (Å²) in [5.41, 5.74) is 5.74. The number of nitrogens with two attached hydrogens (primary N) is 1. The van der Waals surface area contributed by atoms with E-state index in [0.717, 1.165) is 0 Å². The van der Waals surface area contributed by atoms with Crippen molar-refractivity contribution < 1.29 is 9.94 Å². The van der Waals surface area contributed by atoms with E-state index in [1.165, 1.54) is 12.3 Å². The summed E-state index contributed by atoms with van der Waals surface area (Å²) in [6, 6.07) is 8.02. The van der Waals surface area contributed by atoms with Crippen LogP contribution >= 0.6 is 23.2 Å². The highest BCUT2D eigenvalue weighted by Crippen LogP contribution is 2.31. The lowest BCUT2D eigenvalue weighted by atomic mass is 10.3. The largest absolute Gasteiger partial charge is 0.456 e. The minimum absolute atomic E-state index is 0.109. The summed E-state index contributed by atoms with van der Waals surface area (Å²) in [4.78, 5) is 3.94. The normalized spacial score (nSPS) is 11.4. The summed E-state index contributed by atoms with van der Waals surface area (Å²) in [6.07, 6.45) is 1.47. The second-order valence-electron chi connectivity index (χ2n) is 3.54. The Labute approximate surface area is 119 Å². The molecule has 0 aliphatic heterocycles. The van der Waals surface area contributed by atoms with Gasteiger partial charge in [0.05, 0.1) is 5.02 Å². The predicted molar refractivity (Wildman–Crippen MR) is 73.3 cm³/mol. The predicted octanol–water partition coefficient (Wildman–Crippen LogP) is 3.28. The molecule has 3 N–H and O–H groups in total. The number of oxime groups is 1. The molecule has 2 aromatic rings. The highest BCUT2D eigenvalue weighted by molar-refractivity contribution is 6.34. The quantitative estimate of drug-likeness (QED) is 0.394. The van der Waals surface area contributed by atoms with Crippen molar-refractivity contribution in [2.75, 3.05) is 0 Å². The number of halogens is 2. The van der Waals surface area contributed by atoms with Crippen molar-refractivity contribution in [3.05, 3.63) is 52.3 Å². The number of amidine groups is 1. The van der Waals surface area contributed by atoms with Crippen LogP contribution in [-0.2, 0) is 0 Å². The van der Waals surface area contributed by atoms with E-state index in [1.807, 2.05) is 0 Å². The number of benzene rings is 1. The Balaban J connectivity index is 2.31. The number of hydrogen-bond donors (Lipinski definition) is 2. The Morgan fingerprint density at radius 1 is 1.26 bits per heavy atom. The third-order valence-corrected chi connectivity index (χ3v) is 2.77. The first-order valence-corrected chi connectivity index (χ1v) is 5.92. The summed E-state index contributed by atoms with van der Waals surface area (Å²) in [7, 11) is 0. The number of hydrogen-bond acceptors (Lipinski definition) is 4. The van der Waals surface area contributed by atoms with Crippen molar-refractivity contribution >= 4 is 29.0 Å². The maximum Gasteiger partial charge on any atom is 0.188 e. The SMILES string of the molecule is NC(=NO)c1cc(Oc2cc(Cl)ccc2Cl)ccn1. The van der Waals surface area contributed by atoms with Crippen LogP contribution in [0.25, 0.3) is 0 Å². The van der Waals surface area contributed by atoms with Gasteiger partial charge in [-0.15, -0.1) is 0 Å². The van der Waals surface area contributed by atoms with Crippen molar-refractivity contribution in [1.82, 2.24) is 4.98 Å². The number of rotatable bonds is 3. The minimum Gasteiger partial charge on any atom is -0.456 e. The standard InChI is InChI=1S/C12H9Cl2N3O2/c13-7-1-2-9(14)11(5-7)19-8-3-4-16-10(6-8)12(15)17-18/h1-6,18H,(H2,15,17). The molecule has 1 heterocycles. The first-order valence-electron chi connectivity index (χ1n) is 5.17. The first kappa shape index (κ1) is 13.5. The maximum absolute atomic E-state index is 8.59. The van der Waals surface area contributed by atoms with Gasteiger partial charge in [-0.05, 0) is 18.2 Å². The Kier molecular flexibility index (Phi) is 4.09. The fraction of sp³-hybridized carbons (Fsp3) is 0. The zero-order chi connectivity index (χ0) is 13.8. The van der Waals surface area contributed by atoms with E-state index >= 15 is 0 Å². The lowest BCUT2D eigenvalue weighted by molar-refractivity contribution is 0.318. The van der Waals surface area contributed by atoms with Crippen LogP contribution in [0.1, 0.15) is 5.69 Å². The van der Waals surface area contributed by atoms with Gasteiger partial charge < -0.3 is 15.7 Å². The molecular formula is C12H9Cl2N3O2. The summed E-state index contributed by atoms with van der Waals surface area (Å²) in [5.74, 6) is 0.745. The molecule has 0 spiro atoms. The monoisotopic (exact) mass is 297 g/mol. The van der Waals surface area contributed by atoms with Gasteiger partial charge in [0.25, 0.3) is 0 Å². The average molecular weight is 298 g/mol. The topological polar surface area (TPSA) is 80.7 Å². The van der Waals surface area contributed by atoms with Crippen molar-refractivity contribution in [2.45, 2.75) is 0 Å². The van der Waals surface area contributed by atoms with Crippen molar-refractivity contribution in [2.24, 2.45) is 10.9 Å². The van der Waals surface area contributed by atoms with E-state index in [9.17, 15) is 0 Å². The van der Waals surface area contributed by atoms with E-state index in [0.29, 0.717) is 21.5 Å². The molecular weight excluding hydrogens is 289 g/mol. The van der Waals surface area contributed by atoms with Crippen LogP contribution in [0.15, 0.2) is 41.7 Å². The Bertz CT molecular complexity index is 632. The first-order chi connectivity index (χ1) is 9.10. The van der Waals surface area contributed by atoms with Crippen LogP contribution in [-0.4, -0.2) is 16.0 Å². The molecule has 0 aliphatic rings. The molecule has 0 bridgehead atoms. The molecule has 5 nitrogen and oxygen atoms in total. The van der Waals surface area contributed by atoms with E-state index in [1.54, 1.807) is 24.3 Å². The molecule has 0 amide bonds. The van der Waals surface area contributed by atoms with E-state index in [2.05, 4.69) is 10.1 Å². The molecule has 0 atom stereocenters. The molecule has 98 valence electrons. The fourth-order valence-electron chi connectivity index (χ4n) is 1.35. The fourth-order valence-corrected chi connectivity index (χ4v) is 1.67. The Morgan fingerprint density at radius 2 is 2.05 bits per heavy atom. The summed E-state index contributed by atoms with van der Waals surface area (Å²) >= 11 is 11.9. The third-order valence-electron chi connectivity index (χ3n) is 2.22. The minimum atomic E-state index is -0.109. The van der Waals surface area contributed by atoms with E-state index in [-0.39, 0.29) is 11.5 Å². The highest BCUT2D eigenvalue weighted by Gasteiger charge is 2.07. The number of ether oxygens (including phenoxy) is 1. The molecule has 0 unspecified atom stereocenters. The smallest absolute Gasteiger partial charge is 0.188 e. The van der Waals surface area contributed by atoms with Gasteiger partial charge in [0, 0.05) is 23.4 Å². The van der Waals surface area contributed by atoms with Crippen LogP contribution in [0.4, 0.5) is 0 Å². The zero-order valence-electron chi connectivity index (χ0n) is 9.55. The molecule has 0 saturated heterocycles. The second-order valence-corrected chi connectivity index (χ2v) is 4.38. The van der Waals surface area contributed by atoms with Crippen LogP contribution in [0.3, 0.4) is 0 Å². The van der Waals surface area contributed by atoms with Gasteiger partial charge in [0.2, 0.25) is 0 Å². The van der Waals surface area contributed by atoms with Gasteiger partial charge in [-0.3, -0.25) is 4.98 Å². The van der Waals surface area contributed by atoms with E-state index in [4.69, 9.17) is 38.9 Å². The molecule has 0 saturated carbocycles. The molecule has 0 fully saturated rings. The van der Waals surface area contributed by atoms with Crippen LogP contribution in [0, 0.1) is 0 Å². The van der Waals surface area contributed by atoms with Gasteiger partial charge in [-0.25, -0.2) is 0 Å². The lowest BCUT2D eigenvalue weighted by Gasteiger charge is -2.08. The number of pyridine rings is 1. The maximum atomic E-state index is 8.59. The Hall–Kier alpha value is -1.98. The third kappa shape index (κ3) is 3.27. The van der Waals surface area contributed by atoms with Gasteiger partial charge in [0.15, 0.2) is 5.84 Å². The number of nitrogens with zero attached hydrogens (tertiary/aromatic N) is 2. The summed E-state index contributed by atoms with van der Waals surface area (Å²) < 4.78 is 5.58.